The smallest absolute Gasteiger partial charge is 0.321 e. The SMILES string of the molecule is C=C(NC(=O)N1CC2CN(C)CC2C1)/C(N)=C\C=C(/C)c1ccc(F)cc1. The first-order chi connectivity index (χ1) is 12.8. The third kappa shape index (κ3) is 4.57. The van der Waals surface area contributed by atoms with Crippen molar-refractivity contribution in [2.75, 3.05) is 33.2 Å². The highest BCUT2D eigenvalue weighted by molar-refractivity contribution is 5.77. The van der Waals surface area contributed by atoms with Crippen molar-refractivity contribution in [2.45, 2.75) is 6.92 Å². The summed E-state index contributed by atoms with van der Waals surface area (Å²) in [4.78, 5) is 16.6. The van der Waals surface area contributed by atoms with Gasteiger partial charge in [-0.05, 0) is 55.2 Å². The van der Waals surface area contributed by atoms with Gasteiger partial charge in [0.25, 0.3) is 0 Å². The van der Waals surface area contributed by atoms with Gasteiger partial charge in [-0.1, -0.05) is 24.8 Å². The van der Waals surface area contributed by atoms with Gasteiger partial charge < -0.3 is 20.9 Å². The number of carbonyl (C=O) groups excluding carboxylic acids is 1. The summed E-state index contributed by atoms with van der Waals surface area (Å²) in [5.74, 6) is 0.849. The van der Waals surface area contributed by atoms with Crippen LogP contribution in [-0.2, 0) is 0 Å². The third-order valence-electron chi connectivity index (χ3n) is 5.37. The van der Waals surface area contributed by atoms with Crippen LogP contribution in [0.3, 0.4) is 0 Å². The molecule has 2 aliphatic heterocycles. The molecular formula is C21H27FN4O. The molecule has 0 aliphatic carbocycles. The minimum atomic E-state index is -0.268. The van der Waals surface area contributed by atoms with Crippen molar-refractivity contribution in [1.82, 2.24) is 15.1 Å². The summed E-state index contributed by atoms with van der Waals surface area (Å²) in [5.41, 5.74) is 8.67. The number of nitrogens with one attached hydrogen (secondary N) is 1. The van der Waals surface area contributed by atoms with Gasteiger partial charge in [-0.2, -0.15) is 0 Å². The summed E-state index contributed by atoms with van der Waals surface area (Å²) < 4.78 is 13.0. The summed E-state index contributed by atoms with van der Waals surface area (Å²) in [6.07, 6.45) is 3.53. The fourth-order valence-electron chi connectivity index (χ4n) is 3.80. The first kappa shape index (κ1) is 19.2. The molecule has 2 amide bonds. The zero-order valence-corrected chi connectivity index (χ0v) is 15.9. The molecule has 0 bridgehead atoms. The average molecular weight is 370 g/mol. The molecule has 1 aromatic rings. The number of fused-ring (bicyclic) bond motifs is 1. The van der Waals surface area contributed by atoms with Crippen molar-refractivity contribution in [1.29, 1.82) is 0 Å². The number of allylic oxidation sites excluding steroid dienone is 3. The minimum absolute atomic E-state index is 0.146. The summed E-state index contributed by atoms with van der Waals surface area (Å²) in [7, 11) is 2.12. The lowest BCUT2D eigenvalue weighted by atomic mass is 10.0. The van der Waals surface area contributed by atoms with E-state index in [1.54, 1.807) is 18.2 Å². The second kappa shape index (κ2) is 7.96. The van der Waals surface area contributed by atoms with E-state index in [1.165, 1.54) is 12.1 Å². The van der Waals surface area contributed by atoms with Crippen LogP contribution in [0.25, 0.3) is 5.57 Å². The van der Waals surface area contributed by atoms with Gasteiger partial charge in [-0.3, -0.25) is 0 Å². The van der Waals surface area contributed by atoms with E-state index in [9.17, 15) is 9.18 Å². The molecule has 2 heterocycles. The molecule has 2 unspecified atom stereocenters. The van der Waals surface area contributed by atoms with E-state index in [0.29, 0.717) is 23.2 Å². The molecule has 2 fully saturated rings. The molecule has 0 radical (unpaired) electrons. The van der Waals surface area contributed by atoms with E-state index in [1.807, 2.05) is 17.9 Å². The Morgan fingerprint density at radius 1 is 1.19 bits per heavy atom. The Bertz CT molecular complexity index is 770. The van der Waals surface area contributed by atoms with Crippen LogP contribution in [0.1, 0.15) is 12.5 Å². The van der Waals surface area contributed by atoms with Crippen LogP contribution in [0.4, 0.5) is 9.18 Å². The quantitative estimate of drug-likeness (QED) is 0.801. The van der Waals surface area contributed by atoms with Gasteiger partial charge >= 0.3 is 6.03 Å². The van der Waals surface area contributed by atoms with E-state index < -0.39 is 0 Å². The number of hydrogen-bond donors (Lipinski definition) is 2. The fourth-order valence-corrected chi connectivity index (χ4v) is 3.80. The standard InChI is InChI=1S/C21H27FN4O/c1-14(16-5-7-19(22)8-6-16)4-9-20(23)15(2)24-21(27)26-12-17-10-25(3)11-18(17)13-26/h4-9,17-18H,2,10-13,23H2,1,3H3,(H,24,27)/b14-4+,20-9+. The number of halogens is 1. The molecule has 0 aromatic heterocycles. The van der Waals surface area contributed by atoms with Crippen LogP contribution in [0.5, 0.6) is 0 Å². The number of carbonyl (C=O) groups is 1. The first-order valence-corrected chi connectivity index (χ1v) is 9.17. The zero-order valence-electron chi connectivity index (χ0n) is 15.9. The second-order valence-electron chi connectivity index (χ2n) is 7.53. The van der Waals surface area contributed by atoms with Crippen LogP contribution in [0, 0.1) is 17.7 Å². The summed E-state index contributed by atoms with van der Waals surface area (Å²) >= 11 is 0. The third-order valence-corrected chi connectivity index (χ3v) is 5.37. The topological polar surface area (TPSA) is 61.6 Å². The predicted molar refractivity (Wildman–Crippen MR) is 106 cm³/mol. The second-order valence-corrected chi connectivity index (χ2v) is 7.53. The molecule has 5 nitrogen and oxygen atoms in total. The Labute approximate surface area is 160 Å². The lowest BCUT2D eigenvalue weighted by Gasteiger charge is -2.20. The molecule has 6 heteroatoms. The number of nitrogens with two attached hydrogens (primary N) is 1. The highest BCUT2D eigenvalue weighted by Crippen LogP contribution is 2.30. The van der Waals surface area contributed by atoms with E-state index in [-0.39, 0.29) is 11.8 Å². The highest BCUT2D eigenvalue weighted by atomic mass is 19.1. The van der Waals surface area contributed by atoms with Gasteiger partial charge in [0, 0.05) is 26.2 Å². The zero-order chi connectivity index (χ0) is 19.6. The number of urea groups is 1. The maximum absolute atomic E-state index is 13.0. The fraction of sp³-hybridized carbons (Fsp3) is 0.381. The van der Waals surface area contributed by atoms with E-state index in [0.717, 1.165) is 37.3 Å². The lowest BCUT2D eigenvalue weighted by molar-refractivity contribution is 0.205. The van der Waals surface area contributed by atoms with Crippen LogP contribution in [0.15, 0.2) is 54.4 Å². The molecule has 3 rings (SSSR count). The average Bonchev–Trinajstić information content (AvgIpc) is 3.17. The number of amides is 2. The number of benzene rings is 1. The molecule has 0 spiro atoms. The summed E-state index contributed by atoms with van der Waals surface area (Å²) in [6.45, 7) is 9.44. The number of hydrogen-bond acceptors (Lipinski definition) is 3. The largest absolute Gasteiger partial charge is 0.397 e. The molecule has 2 atom stereocenters. The molecule has 27 heavy (non-hydrogen) atoms. The van der Waals surface area contributed by atoms with Crippen molar-refractivity contribution in [2.24, 2.45) is 17.6 Å². The number of likely N-dealkylation sites (tertiary alicyclic amines) is 2. The van der Waals surface area contributed by atoms with Gasteiger partial charge in [0.15, 0.2) is 0 Å². The van der Waals surface area contributed by atoms with Crippen molar-refractivity contribution in [3.8, 4) is 0 Å². The summed E-state index contributed by atoms with van der Waals surface area (Å²) in [5, 5.41) is 2.80. The van der Waals surface area contributed by atoms with Gasteiger partial charge in [0.05, 0.1) is 11.4 Å². The minimum Gasteiger partial charge on any atom is -0.397 e. The van der Waals surface area contributed by atoms with Gasteiger partial charge in [-0.25, -0.2) is 9.18 Å². The monoisotopic (exact) mass is 370 g/mol. The Morgan fingerprint density at radius 2 is 1.78 bits per heavy atom. The van der Waals surface area contributed by atoms with Gasteiger partial charge in [-0.15, -0.1) is 0 Å². The molecule has 2 aliphatic rings. The molecule has 2 saturated heterocycles. The molecule has 144 valence electrons. The van der Waals surface area contributed by atoms with E-state index in [4.69, 9.17) is 5.73 Å². The predicted octanol–water partition coefficient (Wildman–Crippen LogP) is 2.79. The van der Waals surface area contributed by atoms with Crippen molar-refractivity contribution < 1.29 is 9.18 Å². The van der Waals surface area contributed by atoms with Crippen LogP contribution < -0.4 is 11.1 Å². The van der Waals surface area contributed by atoms with Crippen LogP contribution in [0.2, 0.25) is 0 Å². The van der Waals surface area contributed by atoms with Gasteiger partial charge in [0.1, 0.15) is 5.82 Å². The van der Waals surface area contributed by atoms with Crippen molar-refractivity contribution in [3.05, 3.63) is 65.8 Å². The van der Waals surface area contributed by atoms with Crippen LogP contribution >= 0.6 is 0 Å². The van der Waals surface area contributed by atoms with Crippen molar-refractivity contribution >= 4 is 11.6 Å². The van der Waals surface area contributed by atoms with Crippen molar-refractivity contribution in [3.63, 3.8) is 0 Å². The van der Waals surface area contributed by atoms with Gasteiger partial charge in [0.2, 0.25) is 0 Å². The maximum Gasteiger partial charge on any atom is 0.321 e. The Balaban J connectivity index is 1.55. The van der Waals surface area contributed by atoms with E-state index >= 15 is 0 Å². The Kier molecular flexibility index (Phi) is 5.65. The maximum atomic E-state index is 13.0. The number of nitrogens with zero attached hydrogens (tertiary/aromatic N) is 2. The highest BCUT2D eigenvalue weighted by Gasteiger charge is 2.40. The molecule has 0 saturated carbocycles. The normalized spacial score (nSPS) is 23.4. The van der Waals surface area contributed by atoms with E-state index in [2.05, 4.69) is 23.8 Å². The lowest BCUT2D eigenvalue weighted by Crippen LogP contribution is -2.40. The number of rotatable bonds is 4. The molecule has 3 N–H and O–H groups in total. The molecule has 1 aromatic carbocycles. The van der Waals surface area contributed by atoms with Crippen LogP contribution in [-0.4, -0.2) is 49.1 Å². The first-order valence-electron chi connectivity index (χ1n) is 9.17. The summed E-state index contributed by atoms with van der Waals surface area (Å²) in [6, 6.07) is 6.12. The Morgan fingerprint density at radius 3 is 2.37 bits per heavy atom. The Hall–Kier alpha value is -2.60. The molecular weight excluding hydrogens is 343 g/mol.